The maximum absolute atomic E-state index is 11.3. The number of anilines is 1. The first-order valence-electron chi connectivity index (χ1n) is 4.77. The second-order valence-electron chi connectivity index (χ2n) is 3.15. The van der Waals surface area contributed by atoms with Crippen molar-refractivity contribution in [2.75, 3.05) is 11.9 Å². The summed E-state index contributed by atoms with van der Waals surface area (Å²) >= 11 is 3.73. The van der Waals surface area contributed by atoms with Gasteiger partial charge in [-0.3, -0.25) is 4.79 Å². The summed E-state index contributed by atoms with van der Waals surface area (Å²) < 4.78 is 0.603. The number of H-pyrrole nitrogens is 1. The van der Waals surface area contributed by atoms with Crippen LogP contribution in [0.15, 0.2) is 28.6 Å². The van der Waals surface area contributed by atoms with Crippen LogP contribution in [-0.4, -0.2) is 16.5 Å². The molecule has 84 valence electrons. The van der Waals surface area contributed by atoms with E-state index in [0.29, 0.717) is 9.39 Å². The van der Waals surface area contributed by atoms with Crippen molar-refractivity contribution in [2.24, 2.45) is 0 Å². The van der Waals surface area contributed by atoms with Gasteiger partial charge in [-0.1, -0.05) is 6.07 Å². The Bertz CT molecular complexity index is 509. The second kappa shape index (κ2) is 5.44. The van der Waals surface area contributed by atoms with E-state index >= 15 is 0 Å². The Morgan fingerprint density at radius 1 is 1.56 bits per heavy atom. The fourth-order valence-corrected chi connectivity index (χ4v) is 2.46. The van der Waals surface area contributed by atoms with E-state index in [4.69, 9.17) is 0 Å². The minimum atomic E-state index is -0.103. The first-order valence-corrected chi connectivity index (χ1v) is 6.72. The summed E-state index contributed by atoms with van der Waals surface area (Å²) in [6.45, 7) is 0.785. The second-order valence-corrected chi connectivity index (χ2v) is 5.26. The average Bonchev–Trinajstić information content (AvgIpc) is 2.77. The Morgan fingerprint density at radius 3 is 3.19 bits per heavy atom. The van der Waals surface area contributed by atoms with Gasteiger partial charge in [-0.15, -0.1) is 11.3 Å². The van der Waals surface area contributed by atoms with Crippen LogP contribution >= 0.6 is 33.9 Å². The SMILES string of the molecule is O=c1[nH]cnc(NCCc2cccs2)c1I. The third kappa shape index (κ3) is 2.82. The van der Waals surface area contributed by atoms with Crippen LogP contribution in [0.25, 0.3) is 0 Å². The maximum Gasteiger partial charge on any atom is 0.266 e. The van der Waals surface area contributed by atoms with Crippen molar-refractivity contribution in [3.63, 3.8) is 0 Å². The minimum absolute atomic E-state index is 0.103. The Morgan fingerprint density at radius 2 is 2.44 bits per heavy atom. The van der Waals surface area contributed by atoms with Crippen LogP contribution in [0.2, 0.25) is 0 Å². The van der Waals surface area contributed by atoms with Crippen LogP contribution in [0.4, 0.5) is 5.82 Å². The zero-order valence-corrected chi connectivity index (χ0v) is 11.3. The lowest BCUT2D eigenvalue weighted by molar-refractivity contribution is 1.00. The van der Waals surface area contributed by atoms with Gasteiger partial charge in [0.25, 0.3) is 5.56 Å². The Kier molecular flexibility index (Phi) is 3.94. The molecule has 0 aliphatic rings. The van der Waals surface area contributed by atoms with Crippen molar-refractivity contribution in [3.05, 3.63) is 42.6 Å². The van der Waals surface area contributed by atoms with Gasteiger partial charge in [0.1, 0.15) is 9.39 Å². The monoisotopic (exact) mass is 347 g/mol. The number of hydrogen-bond donors (Lipinski definition) is 2. The van der Waals surface area contributed by atoms with E-state index in [1.54, 1.807) is 11.3 Å². The van der Waals surface area contributed by atoms with Crippen LogP contribution in [0, 0.1) is 3.57 Å². The highest BCUT2D eigenvalue weighted by Crippen LogP contribution is 2.11. The Balaban J connectivity index is 1.95. The topological polar surface area (TPSA) is 57.8 Å². The van der Waals surface area contributed by atoms with Crippen LogP contribution < -0.4 is 10.9 Å². The molecule has 2 rings (SSSR count). The summed E-state index contributed by atoms with van der Waals surface area (Å²) in [7, 11) is 0. The van der Waals surface area contributed by atoms with E-state index in [2.05, 4.69) is 26.7 Å². The summed E-state index contributed by atoms with van der Waals surface area (Å²) in [4.78, 5) is 19.2. The van der Waals surface area contributed by atoms with E-state index in [1.807, 2.05) is 28.7 Å². The quantitative estimate of drug-likeness (QED) is 0.833. The van der Waals surface area contributed by atoms with Gasteiger partial charge in [-0.25, -0.2) is 4.98 Å². The van der Waals surface area contributed by atoms with E-state index < -0.39 is 0 Å². The predicted molar refractivity (Wildman–Crippen MR) is 74.1 cm³/mol. The van der Waals surface area contributed by atoms with Crippen molar-refractivity contribution in [1.82, 2.24) is 9.97 Å². The third-order valence-corrected chi connectivity index (χ3v) is 3.98. The summed E-state index contributed by atoms with van der Waals surface area (Å²) in [6.07, 6.45) is 2.36. The molecule has 0 radical (unpaired) electrons. The van der Waals surface area contributed by atoms with Gasteiger partial charge in [0, 0.05) is 11.4 Å². The average molecular weight is 347 g/mol. The summed E-state index contributed by atoms with van der Waals surface area (Å²) in [5, 5.41) is 5.22. The molecule has 0 aliphatic carbocycles. The van der Waals surface area contributed by atoms with Gasteiger partial charge in [0.05, 0.1) is 6.33 Å². The number of nitrogens with one attached hydrogen (secondary N) is 2. The highest BCUT2D eigenvalue weighted by Gasteiger charge is 2.03. The smallest absolute Gasteiger partial charge is 0.266 e. The van der Waals surface area contributed by atoms with Gasteiger partial charge < -0.3 is 10.3 Å². The summed E-state index contributed by atoms with van der Waals surface area (Å²) in [6, 6.07) is 4.14. The highest BCUT2D eigenvalue weighted by molar-refractivity contribution is 14.1. The van der Waals surface area contributed by atoms with Crippen molar-refractivity contribution in [3.8, 4) is 0 Å². The van der Waals surface area contributed by atoms with E-state index in [9.17, 15) is 4.79 Å². The lowest BCUT2D eigenvalue weighted by Gasteiger charge is -2.05. The number of aromatic amines is 1. The number of halogens is 1. The molecule has 2 N–H and O–H groups in total. The normalized spacial score (nSPS) is 10.3. The first kappa shape index (κ1) is 11.6. The van der Waals surface area contributed by atoms with Crippen molar-refractivity contribution in [1.29, 1.82) is 0 Å². The molecule has 0 bridgehead atoms. The summed E-state index contributed by atoms with van der Waals surface area (Å²) in [5.74, 6) is 0.654. The first-order chi connectivity index (χ1) is 7.77. The standard InChI is InChI=1S/C10H10IN3OS/c11-8-9(13-6-14-10(8)15)12-4-3-7-2-1-5-16-7/h1-2,5-6H,3-4H2,(H2,12,13,14,15). The van der Waals surface area contributed by atoms with Gasteiger partial charge in [-0.2, -0.15) is 0 Å². The maximum atomic E-state index is 11.3. The molecule has 16 heavy (non-hydrogen) atoms. The van der Waals surface area contributed by atoms with Gasteiger partial charge in [0.15, 0.2) is 0 Å². The molecule has 4 nitrogen and oxygen atoms in total. The van der Waals surface area contributed by atoms with Crippen LogP contribution in [0.3, 0.4) is 0 Å². The van der Waals surface area contributed by atoms with Crippen molar-refractivity contribution >= 4 is 39.7 Å². The van der Waals surface area contributed by atoms with E-state index in [-0.39, 0.29) is 5.56 Å². The number of hydrogen-bond acceptors (Lipinski definition) is 4. The Labute approximate surface area is 110 Å². The van der Waals surface area contributed by atoms with E-state index in [0.717, 1.165) is 13.0 Å². The van der Waals surface area contributed by atoms with Crippen LogP contribution in [0.5, 0.6) is 0 Å². The van der Waals surface area contributed by atoms with Gasteiger partial charge in [0.2, 0.25) is 0 Å². The molecule has 0 saturated heterocycles. The highest BCUT2D eigenvalue weighted by atomic mass is 127. The van der Waals surface area contributed by atoms with Crippen molar-refractivity contribution in [2.45, 2.75) is 6.42 Å². The molecule has 0 aromatic carbocycles. The number of nitrogens with zero attached hydrogens (tertiary/aromatic N) is 1. The zero-order valence-electron chi connectivity index (χ0n) is 8.37. The molecule has 2 aromatic heterocycles. The fraction of sp³-hybridized carbons (Fsp3) is 0.200. The minimum Gasteiger partial charge on any atom is -0.369 e. The van der Waals surface area contributed by atoms with Crippen molar-refractivity contribution < 1.29 is 0 Å². The fourth-order valence-electron chi connectivity index (χ4n) is 1.27. The molecule has 0 spiro atoms. The number of rotatable bonds is 4. The Hall–Kier alpha value is -0.890. The molecular weight excluding hydrogens is 337 g/mol. The predicted octanol–water partition coefficient (Wildman–Crippen LogP) is 2.09. The molecule has 0 aliphatic heterocycles. The molecule has 2 aromatic rings. The number of aromatic nitrogens is 2. The molecule has 0 saturated carbocycles. The van der Waals surface area contributed by atoms with Gasteiger partial charge >= 0.3 is 0 Å². The molecule has 0 unspecified atom stereocenters. The lowest BCUT2D eigenvalue weighted by Crippen LogP contribution is -2.15. The molecule has 0 amide bonds. The summed E-state index contributed by atoms with van der Waals surface area (Å²) in [5.41, 5.74) is -0.103. The molecule has 2 heterocycles. The van der Waals surface area contributed by atoms with Crippen LogP contribution in [0.1, 0.15) is 4.88 Å². The van der Waals surface area contributed by atoms with Gasteiger partial charge in [-0.05, 0) is 40.5 Å². The largest absolute Gasteiger partial charge is 0.369 e. The molecule has 0 fully saturated rings. The van der Waals surface area contributed by atoms with E-state index in [1.165, 1.54) is 11.2 Å². The van der Waals surface area contributed by atoms with Crippen LogP contribution in [-0.2, 0) is 6.42 Å². The zero-order chi connectivity index (χ0) is 11.4. The molecule has 6 heteroatoms. The lowest BCUT2D eigenvalue weighted by atomic mass is 10.3. The third-order valence-electron chi connectivity index (χ3n) is 2.04. The molecular formula is C10H10IN3OS. The molecule has 0 atom stereocenters. The number of thiophene rings is 1.